The third-order valence-electron chi connectivity index (χ3n) is 2.24. The van der Waals surface area contributed by atoms with E-state index in [4.69, 9.17) is 5.11 Å². The smallest absolute Gasteiger partial charge is 0.435 e. The monoisotopic (exact) mass is 260 g/mol. The third-order valence-corrected chi connectivity index (χ3v) is 2.24. The maximum absolute atomic E-state index is 12.4. The lowest BCUT2D eigenvalue weighted by Crippen LogP contribution is -2.06. The zero-order valence-corrected chi connectivity index (χ0v) is 8.99. The Morgan fingerprint density at radius 3 is 2.56 bits per heavy atom. The number of carboxylic acids is 1. The molecule has 0 aliphatic rings. The topological polar surface area (TPSA) is 83.8 Å². The number of aromatic amines is 1. The Morgan fingerprint density at radius 2 is 2.11 bits per heavy atom. The van der Waals surface area contributed by atoms with Gasteiger partial charge in [0, 0.05) is 13.1 Å². The first-order valence-electron chi connectivity index (χ1n) is 4.69. The van der Waals surface area contributed by atoms with Crippen molar-refractivity contribution >= 4 is 5.97 Å². The summed E-state index contributed by atoms with van der Waals surface area (Å²) in [5, 5.41) is 17.8. The van der Waals surface area contributed by atoms with Crippen LogP contribution in [0, 0.1) is 0 Å². The number of nitrogens with one attached hydrogen (secondary N) is 1. The van der Waals surface area contributed by atoms with Gasteiger partial charge < -0.3 is 5.11 Å². The maximum Gasteiger partial charge on any atom is 0.435 e. The highest BCUT2D eigenvalue weighted by Gasteiger charge is 2.35. The van der Waals surface area contributed by atoms with E-state index in [2.05, 4.69) is 15.3 Å². The summed E-state index contributed by atoms with van der Waals surface area (Å²) in [6.07, 6.45) is -4.55. The van der Waals surface area contributed by atoms with Gasteiger partial charge in [-0.3, -0.25) is 9.78 Å². The summed E-state index contributed by atoms with van der Waals surface area (Å²) in [6.45, 7) is 0. The molecule has 96 valence electrons. The van der Waals surface area contributed by atoms with Gasteiger partial charge >= 0.3 is 12.1 Å². The molecule has 18 heavy (non-hydrogen) atoms. The highest BCUT2D eigenvalue weighted by Crippen LogP contribution is 2.30. The van der Waals surface area contributed by atoms with Crippen LogP contribution in [0.4, 0.5) is 13.2 Å². The zero-order chi connectivity index (χ0) is 13.5. The Balaban J connectivity index is 2.44. The first-order chi connectivity index (χ1) is 8.29. The van der Waals surface area contributed by atoms with Crippen molar-refractivity contribution in [3.8, 4) is 11.4 Å². The van der Waals surface area contributed by atoms with Gasteiger partial charge in [0.15, 0.2) is 5.69 Å². The molecule has 0 fully saturated rings. The second-order valence-electron chi connectivity index (χ2n) is 3.51. The Morgan fingerprint density at radius 1 is 1.44 bits per heavy atom. The fourth-order valence-corrected chi connectivity index (χ4v) is 1.41. The number of nitrogens with zero attached hydrogens (tertiary/aromatic N) is 3. The van der Waals surface area contributed by atoms with Gasteiger partial charge in [-0.05, 0) is 6.07 Å². The number of rotatable bonds is 2. The molecule has 2 rings (SSSR count). The van der Waals surface area contributed by atoms with Gasteiger partial charge in [0.1, 0.15) is 11.4 Å². The average molecular weight is 260 g/mol. The third kappa shape index (κ3) is 2.06. The molecule has 0 atom stereocenters. The number of aromatic carboxylic acids is 1. The van der Waals surface area contributed by atoms with Gasteiger partial charge in [-0.2, -0.15) is 23.4 Å². The minimum atomic E-state index is -4.55. The van der Waals surface area contributed by atoms with E-state index < -0.39 is 17.8 Å². The quantitative estimate of drug-likeness (QED) is 0.857. The minimum absolute atomic E-state index is 0.0751. The highest BCUT2D eigenvalue weighted by atomic mass is 19.4. The number of carbonyl (C=O) groups is 1. The van der Waals surface area contributed by atoms with Gasteiger partial charge in [-0.1, -0.05) is 0 Å². The van der Waals surface area contributed by atoms with E-state index in [1.54, 1.807) is 0 Å². The molecule has 0 unspecified atom stereocenters. The molecular weight excluding hydrogens is 253 g/mol. The van der Waals surface area contributed by atoms with Crippen LogP contribution in [-0.2, 0) is 13.2 Å². The van der Waals surface area contributed by atoms with Gasteiger partial charge in [0.25, 0.3) is 0 Å². The van der Waals surface area contributed by atoms with E-state index in [9.17, 15) is 18.0 Å². The molecule has 0 saturated carbocycles. The Bertz CT molecular complexity index is 599. The van der Waals surface area contributed by atoms with Crippen molar-refractivity contribution in [1.29, 1.82) is 0 Å². The molecule has 9 heteroatoms. The van der Waals surface area contributed by atoms with E-state index in [0.29, 0.717) is 0 Å². The molecule has 0 aliphatic heterocycles. The lowest BCUT2D eigenvalue weighted by molar-refractivity contribution is -0.141. The second kappa shape index (κ2) is 3.86. The first-order valence-corrected chi connectivity index (χ1v) is 4.69. The van der Waals surface area contributed by atoms with Crippen LogP contribution in [0.3, 0.4) is 0 Å². The summed E-state index contributed by atoms with van der Waals surface area (Å²) in [7, 11) is 1.32. The molecule has 0 saturated heterocycles. The molecule has 0 aliphatic carbocycles. The van der Waals surface area contributed by atoms with Crippen LogP contribution in [-0.4, -0.2) is 31.1 Å². The minimum Gasteiger partial charge on any atom is -0.477 e. The Kier molecular flexibility index (Phi) is 2.60. The van der Waals surface area contributed by atoms with Gasteiger partial charge in [-0.25, -0.2) is 4.79 Å². The lowest BCUT2D eigenvalue weighted by Gasteiger charge is -1.98. The van der Waals surface area contributed by atoms with Gasteiger partial charge in [0.2, 0.25) is 0 Å². The molecule has 0 amide bonds. The molecule has 2 heterocycles. The summed E-state index contributed by atoms with van der Waals surface area (Å²) in [6, 6.07) is 1.95. The summed E-state index contributed by atoms with van der Waals surface area (Å²) < 4.78 is 38.3. The number of hydrogen-bond acceptors (Lipinski definition) is 3. The SMILES string of the molecule is Cn1nc(C(F)(F)F)cc1-c1cc(C(=O)O)[nH]n1. The predicted octanol–water partition coefficient (Wildman–Crippen LogP) is 1.53. The number of alkyl halides is 3. The Hall–Kier alpha value is -2.32. The standard InChI is InChI=1S/C9H7F3N4O2/c1-16-6(3-7(15-16)9(10,11)12)4-2-5(8(17)18)14-13-4/h2-3H,1H3,(H,13,14)(H,17,18). The summed E-state index contributed by atoms with van der Waals surface area (Å²) in [5.74, 6) is -1.24. The molecule has 2 N–H and O–H groups in total. The first kappa shape index (κ1) is 12.1. The van der Waals surface area contributed by atoms with Crippen LogP contribution < -0.4 is 0 Å². The predicted molar refractivity (Wildman–Crippen MR) is 52.8 cm³/mol. The number of hydrogen-bond donors (Lipinski definition) is 2. The van der Waals surface area contributed by atoms with Crippen molar-refractivity contribution in [2.24, 2.45) is 7.05 Å². The maximum atomic E-state index is 12.4. The second-order valence-corrected chi connectivity index (χ2v) is 3.51. The molecule has 2 aromatic rings. The number of H-pyrrole nitrogens is 1. The van der Waals surface area contributed by atoms with Crippen molar-refractivity contribution in [2.75, 3.05) is 0 Å². The Labute approximate surface area is 98.0 Å². The fourth-order valence-electron chi connectivity index (χ4n) is 1.41. The van der Waals surface area contributed by atoms with Crippen molar-refractivity contribution in [3.05, 3.63) is 23.5 Å². The fraction of sp³-hybridized carbons (Fsp3) is 0.222. The van der Waals surface area contributed by atoms with E-state index >= 15 is 0 Å². The van der Waals surface area contributed by atoms with Crippen LogP contribution in [0.25, 0.3) is 11.4 Å². The van der Waals surface area contributed by atoms with Gasteiger partial charge in [-0.15, -0.1) is 0 Å². The largest absolute Gasteiger partial charge is 0.477 e. The molecule has 6 nitrogen and oxygen atoms in total. The molecule has 0 bridgehead atoms. The van der Waals surface area contributed by atoms with Crippen LogP contribution >= 0.6 is 0 Å². The molecule has 0 radical (unpaired) electrons. The van der Waals surface area contributed by atoms with Gasteiger partial charge in [0.05, 0.1) is 5.69 Å². The van der Waals surface area contributed by atoms with E-state index in [1.807, 2.05) is 0 Å². The normalized spacial score (nSPS) is 11.8. The van der Waals surface area contributed by atoms with Crippen LogP contribution in [0.1, 0.15) is 16.2 Å². The summed E-state index contributed by atoms with van der Waals surface area (Å²) in [5.41, 5.74) is -1.11. The summed E-state index contributed by atoms with van der Waals surface area (Å²) >= 11 is 0. The number of aryl methyl sites for hydroxylation is 1. The van der Waals surface area contributed by atoms with Crippen molar-refractivity contribution in [3.63, 3.8) is 0 Å². The van der Waals surface area contributed by atoms with Crippen LogP contribution in [0.5, 0.6) is 0 Å². The molecule has 2 aromatic heterocycles. The van der Waals surface area contributed by atoms with Crippen LogP contribution in [0.2, 0.25) is 0 Å². The average Bonchev–Trinajstić information content (AvgIpc) is 2.81. The number of carboxylic acid groups (broad SMARTS) is 1. The number of aromatic nitrogens is 4. The van der Waals surface area contributed by atoms with E-state index in [0.717, 1.165) is 16.8 Å². The number of halogens is 3. The van der Waals surface area contributed by atoms with E-state index in [-0.39, 0.29) is 17.1 Å². The molecular formula is C9H7F3N4O2. The summed E-state index contributed by atoms with van der Waals surface area (Å²) in [4.78, 5) is 10.6. The van der Waals surface area contributed by atoms with Crippen molar-refractivity contribution < 1.29 is 23.1 Å². The highest BCUT2D eigenvalue weighted by molar-refractivity contribution is 5.86. The zero-order valence-electron chi connectivity index (χ0n) is 8.99. The van der Waals surface area contributed by atoms with Crippen molar-refractivity contribution in [1.82, 2.24) is 20.0 Å². The van der Waals surface area contributed by atoms with Crippen LogP contribution in [0.15, 0.2) is 12.1 Å². The lowest BCUT2D eigenvalue weighted by atomic mass is 10.2. The van der Waals surface area contributed by atoms with E-state index in [1.165, 1.54) is 7.05 Å². The molecule has 0 aromatic carbocycles. The molecule has 0 spiro atoms. The van der Waals surface area contributed by atoms with Crippen molar-refractivity contribution in [2.45, 2.75) is 6.18 Å².